The van der Waals surface area contributed by atoms with Crippen molar-refractivity contribution in [3.05, 3.63) is 111 Å². The summed E-state index contributed by atoms with van der Waals surface area (Å²) in [4.78, 5) is 6.42. The summed E-state index contributed by atoms with van der Waals surface area (Å²) in [6, 6.07) is 10.1. The summed E-state index contributed by atoms with van der Waals surface area (Å²) in [6.07, 6.45) is 1.16. The number of aromatic nitrogens is 6. The number of rotatable bonds is 25. The van der Waals surface area contributed by atoms with E-state index in [1.54, 1.807) is 51.4 Å². The fourth-order valence-electron chi connectivity index (χ4n) is 9.53. The van der Waals surface area contributed by atoms with E-state index >= 15 is 0 Å². The molecule has 1 aliphatic rings. The molecule has 0 unspecified atom stereocenters. The van der Waals surface area contributed by atoms with Crippen molar-refractivity contribution in [1.29, 1.82) is 0 Å². The highest BCUT2D eigenvalue weighted by molar-refractivity contribution is 6.32. The van der Waals surface area contributed by atoms with Gasteiger partial charge in [-0.15, -0.1) is 0 Å². The molecule has 0 bridgehead atoms. The molecule has 11 nitrogen and oxygen atoms in total. The fraction of sp³-hybridized carbons (Fsp3) is 0.557. The Bertz CT molecular complexity index is 2890. The Morgan fingerprint density at radius 3 is 1.57 bits per heavy atom. The van der Waals surface area contributed by atoms with Crippen LogP contribution < -0.4 is 9.47 Å². The molecule has 0 amide bonds. The Hall–Kier alpha value is -5.57. The van der Waals surface area contributed by atoms with Gasteiger partial charge >= 0.3 is 18.5 Å². The molecular weight excluding hydrogens is 1100 g/mol. The monoisotopic (exact) mass is 1180 g/mol. The van der Waals surface area contributed by atoms with Gasteiger partial charge in [0.1, 0.15) is 5.75 Å². The quantitative estimate of drug-likeness (QED) is 0.0486. The van der Waals surface area contributed by atoms with Gasteiger partial charge in [0.15, 0.2) is 5.75 Å². The normalized spacial score (nSPS) is 13.2. The summed E-state index contributed by atoms with van der Waals surface area (Å²) >= 11 is 6.16. The first-order valence-corrected chi connectivity index (χ1v) is 28.8. The van der Waals surface area contributed by atoms with Crippen LogP contribution in [0.5, 0.6) is 11.5 Å². The van der Waals surface area contributed by atoms with Crippen LogP contribution in [0.3, 0.4) is 0 Å². The van der Waals surface area contributed by atoms with Crippen molar-refractivity contribution in [2.45, 2.75) is 164 Å². The summed E-state index contributed by atoms with van der Waals surface area (Å²) in [5.74, 6) is 0.146. The second kappa shape index (κ2) is 30.8. The van der Waals surface area contributed by atoms with Crippen LogP contribution in [0.25, 0.3) is 33.6 Å². The van der Waals surface area contributed by atoms with Gasteiger partial charge in [0.25, 0.3) is 0 Å². The molecular formula is C61H83ClF9N9O2. The molecule has 0 spiro atoms. The van der Waals surface area contributed by atoms with Crippen LogP contribution >= 0.6 is 11.6 Å². The van der Waals surface area contributed by atoms with Crippen molar-refractivity contribution in [2.75, 3.05) is 47.4 Å². The molecule has 454 valence electrons. The van der Waals surface area contributed by atoms with E-state index in [9.17, 15) is 39.5 Å². The van der Waals surface area contributed by atoms with Gasteiger partial charge in [0, 0.05) is 47.5 Å². The van der Waals surface area contributed by atoms with E-state index in [1.165, 1.54) is 24.4 Å². The number of nitrogens with one attached hydrogen (secondary N) is 3. The highest BCUT2D eigenvalue weighted by Crippen LogP contribution is 2.45. The zero-order valence-corrected chi connectivity index (χ0v) is 50.1. The zero-order chi connectivity index (χ0) is 60.5. The Morgan fingerprint density at radius 2 is 1.09 bits per heavy atom. The average molecular weight is 1180 g/mol. The number of ether oxygens (including phenoxy) is 2. The van der Waals surface area contributed by atoms with Crippen LogP contribution in [0, 0.1) is 18.8 Å². The summed E-state index contributed by atoms with van der Waals surface area (Å²) in [6.45, 7) is 20.2. The SMILES string of the molecule is CCCCN(C)Cc1[nH]ncc1-c1cc(Cl)c(OC(C)C)c(C(F)(F)F)c1.CCCCN(C)Cc1cn[nH]c1-c1cc(C)c(OCC2CCC2)c(C(F)(F)F)c1.CCCCN(C)Cc1cn[nH]c1-c1ccc(CC(C)C)c(C(F)(F)F)c1. The number of aromatic amines is 3. The third-order valence-electron chi connectivity index (χ3n) is 14.0. The first-order valence-electron chi connectivity index (χ1n) is 28.4. The van der Waals surface area contributed by atoms with Crippen LogP contribution in [-0.2, 0) is 44.6 Å². The molecule has 1 fully saturated rings. The second-order valence-corrected chi connectivity index (χ2v) is 22.7. The minimum absolute atomic E-state index is 0.0470. The van der Waals surface area contributed by atoms with E-state index in [0.29, 0.717) is 83.3 Å². The molecule has 21 heteroatoms. The molecule has 0 radical (unpaired) electrons. The van der Waals surface area contributed by atoms with Crippen LogP contribution in [0.4, 0.5) is 39.5 Å². The fourth-order valence-corrected chi connectivity index (χ4v) is 9.79. The van der Waals surface area contributed by atoms with E-state index in [1.807, 2.05) is 35.0 Å². The minimum Gasteiger partial charge on any atom is -0.492 e. The van der Waals surface area contributed by atoms with Crippen molar-refractivity contribution >= 4 is 11.6 Å². The molecule has 0 atom stereocenters. The molecule has 0 aliphatic heterocycles. The van der Waals surface area contributed by atoms with E-state index in [0.717, 1.165) is 100 Å². The lowest BCUT2D eigenvalue weighted by atomic mass is 9.86. The number of nitrogens with zero attached hydrogens (tertiary/aromatic N) is 6. The number of halogens is 10. The Kier molecular flexibility index (Phi) is 25.3. The molecule has 7 rings (SSSR count). The third-order valence-corrected chi connectivity index (χ3v) is 14.3. The van der Waals surface area contributed by atoms with Crippen molar-refractivity contribution in [2.24, 2.45) is 11.8 Å². The molecule has 6 aromatic rings. The number of unbranched alkanes of at least 4 members (excludes halogenated alkanes) is 3. The topological polar surface area (TPSA) is 114 Å². The van der Waals surface area contributed by atoms with Crippen LogP contribution in [-0.4, -0.2) is 98.8 Å². The second-order valence-electron chi connectivity index (χ2n) is 22.3. The Labute approximate surface area is 483 Å². The van der Waals surface area contributed by atoms with Crippen molar-refractivity contribution < 1.29 is 49.0 Å². The van der Waals surface area contributed by atoms with Gasteiger partial charge in [-0.25, -0.2) is 0 Å². The van der Waals surface area contributed by atoms with E-state index in [-0.39, 0.29) is 22.4 Å². The molecule has 0 saturated heterocycles. The molecule has 3 aromatic heterocycles. The lowest BCUT2D eigenvalue weighted by molar-refractivity contribution is -0.140. The number of hydrogen-bond donors (Lipinski definition) is 3. The number of alkyl halides is 9. The van der Waals surface area contributed by atoms with E-state index < -0.39 is 41.3 Å². The van der Waals surface area contributed by atoms with Gasteiger partial charge in [-0.2, -0.15) is 54.8 Å². The van der Waals surface area contributed by atoms with Gasteiger partial charge in [-0.05, 0) is 159 Å². The molecule has 1 saturated carbocycles. The number of hydrogen-bond acceptors (Lipinski definition) is 8. The molecule has 3 heterocycles. The van der Waals surface area contributed by atoms with Gasteiger partial charge < -0.3 is 24.2 Å². The minimum atomic E-state index is -4.58. The predicted octanol–water partition coefficient (Wildman–Crippen LogP) is 17.1. The number of H-pyrrole nitrogens is 3. The molecule has 3 aromatic carbocycles. The smallest absolute Gasteiger partial charge is 0.420 e. The van der Waals surface area contributed by atoms with Crippen molar-refractivity contribution in [1.82, 2.24) is 45.3 Å². The van der Waals surface area contributed by atoms with Gasteiger partial charge in [0.2, 0.25) is 0 Å². The zero-order valence-electron chi connectivity index (χ0n) is 49.3. The lowest BCUT2D eigenvalue weighted by Crippen LogP contribution is -2.21. The maximum absolute atomic E-state index is 13.8. The van der Waals surface area contributed by atoms with Crippen molar-refractivity contribution in [3.8, 4) is 45.1 Å². The summed E-state index contributed by atoms with van der Waals surface area (Å²) in [7, 11) is 5.99. The van der Waals surface area contributed by atoms with Crippen LogP contribution in [0.1, 0.15) is 151 Å². The largest absolute Gasteiger partial charge is 0.492 e. The maximum atomic E-state index is 13.8. The number of benzene rings is 3. The predicted molar refractivity (Wildman–Crippen MR) is 308 cm³/mol. The molecule has 1 aliphatic carbocycles. The first kappa shape index (κ1) is 67.2. The third kappa shape index (κ3) is 19.8. The van der Waals surface area contributed by atoms with E-state index in [2.05, 4.69) is 66.1 Å². The average Bonchev–Trinajstić information content (AvgIpc) is 4.29. The molecule has 3 N–H and O–H groups in total. The highest BCUT2D eigenvalue weighted by atomic mass is 35.5. The number of aryl methyl sites for hydroxylation is 1. The van der Waals surface area contributed by atoms with Crippen LogP contribution in [0.15, 0.2) is 61.1 Å². The van der Waals surface area contributed by atoms with Crippen molar-refractivity contribution in [3.63, 3.8) is 0 Å². The van der Waals surface area contributed by atoms with Gasteiger partial charge in [-0.3, -0.25) is 15.3 Å². The summed E-state index contributed by atoms with van der Waals surface area (Å²) < 4.78 is 134. The summed E-state index contributed by atoms with van der Waals surface area (Å²) in [5.41, 5.74) is 4.50. The molecule has 82 heavy (non-hydrogen) atoms. The lowest BCUT2D eigenvalue weighted by Gasteiger charge is -2.27. The van der Waals surface area contributed by atoms with Crippen LogP contribution in [0.2, 0.25) is 5.02 Å². The highest BCUT2D eigenvalue weighted by Gasteiger charge is 2.38. The Morgan fingerprint density at radius 1 is 0.598 bits per heavy atom. The van der Waals surface area contributed by atoms with E-state index in [4.69, 9.17) is 21.1 Å². The van der Waals surface area contributed by atoms with Gasteiger partial charge in [-0.1, -0.05) is 84.0 Å². The first-order chi connectivity index (χ1) is 38.6. The summed E-state index contributed by atoms with van der Waals surface area (Å²) in [5, 5.41) is 20.8. The van der Waals surface area contributed by atoms with Gasteiger partial charge in [0.05, 0.1) is 70.1 Å². The standard InChI is InChI=1S/C22H30F3N3O.C20H28F3N3.C19H25ClF3N3O/c1-4-5-9-28(3)13-18-12-26-27-20(18)17-10-15(2)21(19(11-17)22(23,24)25)29-14-16-7-6-8-16;1-5-6-9-26(4)13-17-12-24-25-19(17)16-8-7-15(10-14(2)3)18(11-16)20(21,22)23;1-5-6-7-26(4)11-17-14(10-24-25-17)13-8-15(19(21,22)23)18(16(20)9-13)27-12(2)3/h10-12,16H,4-9,13-14H2,1-3H3,(H,26,27);7-8,11-12,14H,5-6,9-10,13H2,1-4H3,(H,24,25);8-10,12H,5-7,11H2,1-4H3,(H,24,25). The maximum Gasteiger partial charge on any atom is 0.420 e. The Balaban J connectivity index is 0.000000226.